The van der Waals surface area contributed by atoms with Crippen molar-refractivity contribution in [2.24, 2.45) is 0 Å². The molecule has 0 aliphatic carbocycles. The van der Waals surface area contributed by atoms with Crippen molar-refractivity contribution in [1.82, 2.24) is 4.90 Å². The lowest BCUT2D eigenvalue weighted by Crippen LogP contribution is -2.51. The summed E-state index contributed by atoms with van der Waals surface area (Å²) in [7, 11) is 0. The molecule has 0 saturated carbocycles. The summed E-state index contributed by atoms with van der Waals surface area (Å²) in [6, 6.07) is 15.8. The second kappa shape index (κ2) is 8.12. The van der Waals surface area contributed by atoms with Crippen LogP contribution in [0.3, 0.4) is 0 Å². The van der Waals surface area contributed by atoms with Gasteiger partial charge in [0.05, 0.1) is 12.2 Å². The maximum atomic E-state index is 12.9. The van der Waals surface area contributed by atoms with Gasteiger partial charge in [-0.1, -0.05) is 30.3 Å². The van der Waals surface area contributed by atoms with Gasteiger partial charge in [-0.25, -0.2) is 4.39 Å². The molecule has 2 aromatic rings. The van der Waals surface area contributed by atoms with Crippen molar-refractivity contribution >= 4 is 5.91 Å². The van der Waals surface area contributed by atoms with Crippen molar-refractivity contribution < 1.29 is 18.7 Å². The van der Waals surface area contributed by atoms with E-state index in [1.165, 1.54) is 29.8 Å². The highest BCUT2D eigenvalue weighted by Crippen LogP contribution is 2.17. The summed E-state index contributed by atoms with van der Waals surface area (Å²) in [4.78, 5) is 14.2. The summed E-state index contributed by atoms with van der Waals surface area (Å²) in [5.74, 6) is 0.0684. The molecule has 0 aromatic heterocycles. The third-order valence-electron chi connectivity index (χ3n) is 4.16. The number of hydrogen-bond donors (Lipinski definition) is 0. The van der Waals surface area contributed by atoms with Crippen LogP contribution < -0.4 is 4.74 Å². The predicted octanol–water partition coefficient (Wildman–Crippen LogP) is 3.06. The van der Waals surface area contributed by atoms with Crippen molar-refractivity contribution in [3.05, 3.63) is 66.0 Å². The fourth-order valence-electron chi connectivity index (χ4n) is 3.01. The Kier molecular flexibility index (Phi) is 5.66. The van der Waals surface area contributed by atoms with Crippen LogP contribution in [0, 0.1) is 5.82 Å². The first kappa shape index (κ1) is 17.4. The highest BCUT2D eigenvalue weighted by atomic mass is 19.1. The maximum Gasteiger partial charge on any atom is 0.260 e. The molecule has 2 atom stereocenters. The molecule has 2 unspecified atom stereocenters. The molecule has 2 aromatic carbocycles. The largest absolute Gasteiger partial charge is 0.484 e. The van der Waals surface area contributed by atoms with Crippen molar-refractivity contribution in [2.45, 2.75) is 25.6 Å². The topological polar surface area (TPSA) is 38.8 Å². The van der Waals surface area contributed by atoms with E-state index in [9.17, 15) is 9.18 Å². The lowest BCUT2D eigenvalue weighted by molar-refractivity contribution is -0.146. The zero-order valence-electron chi connectivity index (χ0n) is 14.2. The average Bonchev–Trinajstić information content (AvgIpc) is 2.61. The molecule has 1 amide bonds. The van der Waals surface area contributed by atoms with Gasteiger partial charge in [0, 0.05) is 19.5 Å². The molecule has 3 rings (SSSR count). The van der Waals surface area contributed by atoms with E-state index in [-0.39, 0.29) is 30.5 Å². The minimum absolute atomic E-state index is 0.0165. The van der Waals surface area contributed by atoms with Gasteiger partial charge in [0.1, 0.15) is 11.6 Å². The van der Waals surface area contributed by atoms with Gasteiger partial charge in [-0.3, -0.25) is 4.79 Å². The molecule has 1 heterocycles. The lowest BCUT2D eigenvalue weighted by atomic mass is 10.1. The molecule has 25 heavy (non-hydrogen) atoms. The Hall–Kier alpha value is -2.40. The molecule has 0 bridgehead atoms. The highest BCUT2D eigenvalue weighted by Gasteiger charge is 2.28. The van der Waals surface area contributed by atoms with E-state index in [2.05, 4.69) is 12.1 Å². The molecular weight excluding hydrogens is 321 g/mol. The van der Waals surface area contributed by atoms with Gasteiger partial charge < -0.3 is 14.4 Å². The molecule has 4 nitrogen and oxygen atoms in total. The van der Waals surface area contributed by atoms with Crippen LogP contribution in [0.4, 0.5) is 4.39 Å². The Bertz CT molecular complexity index is 690. The lowest BCUT2D eigenvalue weighted by Gasteiger charge is -2.37. The normalized spacial score (nSPS) is 20.3. The molecule has 5 heteroatoms. The van der Waals surface area contributed by atoms with E-state index in [1.807, 2.05) is 25.1 Å². The summed E-state index contributed by atoms with van der Waals surface area (Å²) < 4.78 is 24.3. The molecule has 1 aliphatic rings. The zero-order valence-corrected chi connectivity index (χ0v) is 14.2. The third kappa shape index (κ3) is 5.03. The van der Waals surface area contributed by atoms with Crippen molar-refractivity contribution in [3.8, 4) is 5.75 Å². The Labute approximate surface area is 147 Å². The number of carbonyl (C=O) groups is 1. The molecule has 1 aliphatic heterocycles. The zero-order chi connectivity index (χ0) is 17.6. The summed E-state index contributed by atoms with van der Waals surface area (Å²) in [6.45, 7) is 3.01. The van der Waals surface area contributed by atoms with Crippen LogP contribution in [0.25, 0.3) is 0 Å². The summed E-state index contributed by atoms with van der Waals surface area (Å²) in [6.07, 6.45) is 0.728. The average molecular weight is 343 g/mol. The van der Waals surface area contributed by atoms with Gasteiger partial charge in [-0.15, -0.1) is 0 Å². The summed E-state index contributed by atoms with van der Waals surface area (Å²) in [5.41, 5.74) is 1.19. The fraction of sp³-hybridized carbons (Fsp3) is 0.350. The van der Waals surface area contributed by atoms with E-state index in [1.54, 1.807) is 4.90 Å². The number of ether oxygens (including phenoxy) is 2. The Balaban J connectivity index is 1.55. The van der Waals surface area contributed by atoms with Crippen LogP contribution in [0.1, 0.15) is 12.5 Å². The minimum Gasteiger partial charge on any atom is -0.484 e. The Morgan fingerprint density at radius 1 is 1.16 bits per heavy atom. The fourth-order valence-corrected chi connectivity index (χ4v) is 3.01. The first-order chi connectivity index (χ1) is 12.1. The van der Waals surface area contributed by atoms with Crippen molar-refractivity contribution in [1.29, 1.82) is 0 Å². The van der Waals surface area contributed by atoms with Gasteiger partial charge in [-0.2, -0.15) is 0 Å². The molecule has 0 radical (unpaired) electrons. The predicted molar refractivity (Wildman–Crippen MR) is 93.0 cm³/mol. The van der Waals surface area contributed by atoms with E-state index in [0.29, 0.717) is 18.8 Å². The van der Waals surface area contributed by atoms with Crippen LogP contribution >= 0.6 is 0 Å². The van der Waals surface area contributed by atoms with E-state index >= 15 is 0 Å². The molecule has 132 valence electrons. The first-order valence-corrected chi connectivity index (χ1v) is 8.45. The number of amides is 1. The van der Waals surface area contributed by atoms with Gasteiger partial charge in [0.25, 0.3) is 5.91 Å². The number of carbonyl (C=O) groups excluding carboxylic acids is 1. The number of nitrogens with zero attached hydrogens (tertiary/aromatic N) is 1. The van der Waals surface area contributed by atoms with E-state index in [0.717, 1.165) is 6.42 Å². The first-order valence-electron chi connectivity index (χ1n) is 8.45. The quantitative estimate of drug-likeness (QED) is 0.837. The Morgan fingerprint density at radius 3 is 2.60 bits per heavy atom. The van der Waals surface area contributed by atoms with Crippen LogP contribution in [0.5, 0.6) is 5.75 Å². The van der Waals surface area contributed by atoms with Crippen LogP contribution in [0.2, 0.25) is 0 Å². The molecule has 1 saturated heterocycles. The second-order valence-corrected chi connectivity index (χ2v) is 6.30. The summed E-state index contributed by atoms with van der Waals surface area (Å²) >= 11 is 0. The summed E-state index contributed by atoms with van der Waals surface area (Å²) in [5, 5.41) is 0. The number of hydrogen-bond acceptors (Lipinski definition) is 3. The van der Waals surface area contributed by atoms with Gasteiger partial charge in [0.15, 0.2) is 6.61 Å². The number of morpholine rings is 1. The van der Waals surface area contributed by atoms with Gasteiger partial charge in [-0.05, 0) is 36.8 Å². The minimum atomic E-state index is -0.329. The Morgan fingerprint density at radius 2 is 1.88 bits per heavy atom. The van der Waals surface area contributed by atoms with Gasteiger partial charge in [0.2, 0.25) is 0 Å². The van der Waals surface area contributed by atoms with Crippen LogP contribution in [-0.4, -0.2) is 42.7 Å². The second-order valence-electron chi connectivity index (χ2n) is 6.30. The van der Waals surface area contributed by atoms with E-state index < -0.39 is 0 Å². The smallest absolute Gasteiger partial charge is 0.260 e. The SMILES string of the molecule is CC1CN(C(=O)COc2ccc(F)cc2)CC(Cc2ccccc2)O1. The standard InChI is InChI=1S/C20H22FNO3/c1-15-12-22(13-19(25-15)11-16-5-3-2-4-6-16)20(23)14-24-18-9-7-17(21)8-10-18/h2-10,15,19H,11-14H2,1H3. The molecule has 0 N–H and O–H groups in total. The molecule has 0 spiro atoms. The van der Waals surface area contributed by atoms with Crippen LogP contribution in [-0.2, 0) is 16.0 Å². The highest BCUT2D eigenvalue weighted by molar-refractivity contribution is 5.78. The van der Waals surface area contributed by atoms with E-state index in [4.69, 9.17) is 9.47 Å². The maximum absolute atomic E-state index is 12.9. The number of benzene rings is 2. The number of rotatable bonds is 5. The molecular formula is C20H22FNO3. The van der Waals surface area contributed by atoms with Crippen molar-refractivity contribution in [3.63, 3.8) is 0 Å². The third-order valence-corrected chi connectivity index (χ3v) is 4.16. The number of halogens is 1. The van der Waals surface area contributed by atoms with Gasteiger partial charge >= 0.3 is 0 Å². The van der Waals surface area contributed by atoms with Crippen LogP contribution in [0.15, 0.2) is 54.6 Å². The molecule has 1 fully saturated rings. The monoisotopic (exact) mass is 343 g/mol. The van der Waals surface area contributed by atoms with Crippen molar-refractivity contribution in [2.75, 3.05) is 19.7 Å².